The van der Waals surface area contributed by atoms with Crippen molar-refractivity contribution in [3.05, 3.63) is 143 Å². The van der Waals surface area contributed by atoms with E-state index in [1.165, 1.54) is 5.56 Å². The van der Waals surface area contributed by atoms with E-state index in [0.717, 1.165) is 82.5 Å². The second-order valence-corrected chi connectivity index (χ2v) is 11.1. The summed E-state index contributed by atoms with van der Waals surface area (Å²) < 4.78 is 15.1. The van der Waals surface area contributed by atoms with E-state index in [9.17, 15) is 0 Å². The van der Waals surface area contributed by atoms with Crippen LogP contribution < -0.4 is 15.7 Å². The standard InChI is InChI=1S/C32H22N3O2.C7H8/c1-18-27-22-13-14-25-31(27)30-21(10-6-12-24(30)36-25)20-9-5-11-23-29(20)28(18)26(37-23)15-16-35(22)32(34-17-33)19-7-3-2-4-8-19;1-7-5-3-2-4-6-7/h2-16H,17,33H2,1H3;2-6H,1H3/q+1;/b16-15?,21-20?,26-15?,27-18?,28-18?,34-32-,35-16?,35-22?;. The molecule has 1 aliphatic heterocycles. The predicted molar refractivity (Wildman–Crippen MR) is 182 cm³/mol. The third kappa shape index (κ3) is 3.98. The number of aryl methyl sites for hydroxylation is 2. The van der Waals surface area contributed by atoms with Crippen LogP contribution in [0.2, 0.25) is 0 Å². The molecule has 2 aromatic heterocycles. The molecule has 0 radical (unpaired) electrons. The third-order valence-electron chi connectivity index (χ3n) is 8.50. The first kappa shape index (κ1) is 26.1. The molecule has 0 unspecified atom stereocenters. The number of amidine groups is 1. The van der Waals surface area contributed by atoms with Gasteiger partial charge in [-0.15, -0.1) is 0 Å². The molecule has 5 nitrogen and oxygen atoms in total. The lowest BCUT2D eigenvalue weighted by Gasteiger charge is -2.10. The Morgan fingerprint density at radius 1 is 0.636 bits per heavy atom. The molecule has 212 valence electrons. The van der Waals surface area contributed by atoms with Crippen LogP contribution in [0, 0.1) is 13.8 Å². The largest absolute Gasteiger partial charge is 0.456 e. The number of nitrogens with two attached hydrogens (primary N) is 1. The highest BCUT2D eigenvalue weighted by molar-refractivity contribution is 6.30. The molecule has 5 heteroatoms. The van der Waals surface area contributed by atoms with Crippen molar-refractivity contribution in [1.82, 2.24) is 4.58 Å². The van der Waals surface area contributed by atoms with E-state index in [-0.39, 0.29) is 6.67 Å². The van der Waals surface area contributed by atoms with Crippen LogP contribution in [0.1, 0.15) is 22.5 Å². The molecule has 2 bridgehead atoms. The Morgan fingerprint density at radius 2 is 1.27 bits per heavy atom. The average Bonchev–Trinajstić information content (AvgIpc) is 3.62. The van der Waals surface area contributed by atoms with Gasteiger partial charge in [0.25, 0.3) is 0 Å². The van der Waals surface area contributed by atoms with Crippen molar-refractivity contribution in [2.75, 3.05) is 6.67 Å². The molecule has 0 amide bonds. The number of aliphatic imine (C=N–C) groups is 1. The molecule has 0 saturated heterocycles. The van der Waals surface area contributed by atoms with Gasteiger partial charge in [-0.25, -0.2) is 0 Å². The second-order valence-electron chi connectivity index (χ2n) is 11.1. The molecule has 6 aromatic carbocycles. The average molecular weight is 573 g/mol. The molecule has 0 spiro atoms. The summed E-state index contributed by atoms with van der Waals surface area (Å²) in [5, 5.41) is 8.93. The van der Waals surface area contributed by atoms with Crippen LogP contribution in [0.3, 0.4) is 0 Å². The molecule has 0 aliphatic carbocycles. The van der Waals surface area contributed by atoms with E-state index >= 15 is 0 Å². The van der Waals surface area contributed by atoms with Crippen molar-refractivity contribution in [3.63, 3.8) is 0 Å². The van der Waals surface area contributed by atoms with Crippen molar-refractivity contribution < 1.29 is 8.83 Å². The van der Waals surface area contributed by atoms with Crippen molar-refractivity contribution in [2.24, 2.45) is 10.7 Å². The summed E-state index contributed by atoms with van der Waals surface area (Å²) in [6.07, 6.45) is 4.09. The number of hydrogen-bond donors (Lipinski definition) is 1. The molecule has 1 aliphatic rings. The molecule has 0 atom stereocenters. The fraction of sp³-hybridized carbons (Fsp3) is 0.0769. The van der Waals surface area contributed by atoms with Crippen LogP contribution in [-0.4, -0.2) is 12.5 Å². The lowest BCUT2D eigenvalue weighted by Crippen LogP contribution is -2.33. The van der Waals surface area contributed by atoms with Crippen molar-refractivity contribution in [3.8, 4) is 0 Å². The Kier molecular flexibility index (Phi) is 6.14. The first-order valence-electron chi connectivity index (χ1n) is 14.8. The predicted octanol–water partition coefficient (Wildman–Crippen LogP) is 8.50. The van der Waals surface area contributed by atoms with Gasteiger partial charge in [0.2, 0.25) is 0 Å². The van der Waals surface area contributed by atoms with Crippen molar-refractivity contribution in [1.29, 1.82) is 0 Å². The van der Waals surface area contributed by atoms with Gasteiger partial charge in [-0.2, -0.15) is 4.58 Å². The summed E-state index contributed by atoms with van der Waals surface area (Å²) in [5.41, 5.74) is 12.1. The molecule has 3 heterocycles. The maximum Gasteiger partial charge on any atom is 0.331 e. The first-order valence-corrected chi connectivity index (χ1v) is 14.8. The summed E-state index contributed by atoms with van der Waals surface area (Å²) in [4.78, 5) is 4.76. The number of rotatable bonds is 2. The van der Waals surface area contributed by atoms with Gasteiger partial charge in [-0.1, -0.05) is 83.4 Å². The maximum absolute atomic E-state index is 6.50. The quantitative estimate of drug-likeness (QED) is 0.128. The van der Waals surface area contributed by atoms with Gasteiger partial charge < -0.3 is 8.83 Å². The van der Waals surface area contributed by atoms with Gasteiger partial charge in [0.15, 0.2) is 6.67 Å². The van der Waals surface area contributed by atoms with Crippen molar-refractivity contribution >= 4 is 66.4 Å². The third-order valence-corrected chi connectivity index (χ3v) is 8.50. The van der Waals surface area contributed by atoms with Crippen molar-refractivity contribution in [2.45, 2.75) is 13.8 Å². The van der Waals surface area contributed by atoms with E-state index < -0.39 is 0 Å². The SMILES string of the molecule is Cc1c2c3oc4cccc(c5cccc6oc7ccc(c1c7c65)=[N+](/C(=N\CN)c1ccccc1)C=C3)c42.Cc1ccccc1. The zero-order valence-electron chi connectivity index (χ0n) is 24.5. The molecule has 9 rings (SSSR count). The Labute approximate surface area is 253 Å². The van der Waals surface area contributed by atoms with Crippen LogP contribution in [0.25, 0.3) is 60.5 Å². The van der Waals surface area contributed by atoms with E-state index in [1.807, 2.05) is 54.7 Å². The smallest absolute Gasteiger partial charge is 0.331 e. The topological polar surface area (TPSA) is 67.7 Å². The minimum absolute atomic E-state index is 0.173. The van der Waals surface area contributed by atoms with Crippen LogP contribution in [-0.2, 0) is 0 Å². The first-order chi connectivity index (χ1) is 21.6. The Hall–Kier alpha value is -5.52. The molecule has 44 heavy (non-hydrogen) atoms. The molecule has 2 N–H and O–H groups in total. The Morgan fingerprint density at radius 3 is 1.93 bits per heavy atom. The highest BCUT2D eigenvalue weighted by Crippen LogP contribution is 2.43. The molecular weight excluding hydrogens is 542 g/mol. The zero-order valence-corrected chi connectivity index (χ0v) is 24.5. The van der Waals surface area contributed by atoms with Gasteiger partial charge in [-0.3, -0.25) is 5.73 Å². The normalized spacial score (nSPS) is 13.0. The number of nitrogens with zero attached hydrogens (tertiary/aromatic N) is 2. The zero-order chi connectivity index (χ0) is 29.8. The van der Waals surface area contributed by atoms with E-state index in [2.05, 4.69) is 85.2 Å². The van der Waals surface area contributed by atoms with Gasteiger partial charge in [0, 0.05) is 33.0 Å². The number of benzene rings is 5. The monoisotopic (exact) mass is 572 g/mol. The van der Waals surface area contributed by atoms with Crippen LogP contribution in [0.5, 0.6) is 0 Å². The van der Waals surface area contributed by atoms with Crippen LogP contribution in [0.15, 0.2) is 129 Å². The fourth-order valence-electron chi connectivity index (χ4n) is 6.63. The maximum atomic E-state index is 6.50. The molecule has 0 fully saturated rings. The molecular formula is C39H30N3O2+. The summed E-state index contributed by atoms with van der Waals surface area (Å²) in [7, 11) is 0. The van der Waals surface area contributed by atoms with Gasteiger partial charge in [-0.05, 0) is 66.6 Å². The summed E-state index contributed by atoms with van der Waals surface area (Å²) >= 11 is 0. The lowest BCUT2D eigenvalue weighted by molar-refractivity contribution is 0.607. The number of furan rings is 2. The van der Waals surface area contributed by atoms with Gasteiger partial charge in [0.05, 0.1) is 5.56 Å². The van der Waals surface area contributed by atoms with Crippen LogP contribution >= 0.6 is 0 Å². The summed E-state index contributed by atoms with van der Waals surface area (Å²) in [5.74, 6) is 1.60. The summed E-state index contributed by atoms with van der Waals surface area (Å²) in [6.45, 7) is 4.45. The highest BCUT2D eigenvalue weighted by Gasteiger charge is 2.25. The lowest BCUT2D eigenvalue weighted by atomic mass is 9.93. The highest BCUT2D eigenvalue weighted by atomic mass is 16.3. The minimum atomic E-state index is 0.173. The molecule has 8 aromatic rings. The number of hydrogen-bond acceptors (Lipinski definition) is 4. The van der Waals surface area contributed by atoms with Gasteiger partial charge >= 0.3 is 5.84 Å². The van der Waals surface area contributed by atoms with E-state index in [0.29, 0.717) is 0 Å². The molecule has 0 saturated carbocycles. The second kappa shape index (κ2) is 10.3. The van der Waals surface area contributed by atoms with E-state index in [4.69, 9.17) is 19.6 Å². The minimum Gasteiger partial charge on any atom is -0.456 e. The number of fused-ring (bicyclic) bond motifs is 1. The van der Waals surface area contributed by atoms with E-state index in [1.54, 1.807) is 0 Å². The van der Waals surface area contributed by atoms with Gasteiger partial charge in [0.1, 0.15) is 34.1 Å². The van der Waals surface area contributed by atoms with Crippen LogP contribution in [0.4, 0.5) is 0 Å². The Balaban J connectivity index is 0.000000367. The Bertz CT molecular complexity index is 2480. The summed E-state index contributed by atoms with van der Waals surface area (Å²) in [6, 6.07) is 37.2. The fourth-order valence-corrected chi connectivity index (χ4v) is 6.63.